The van der Waals surface area contributed by atoms with Crippen LogP contribution < -0.4 is 11.3 Å². The summed E-state index contributed by atoms with van der Waals surface area (Å²) in [5.74, 6) is -0.296. The van der Waals surface area contributed by atoms with E-state index in [4.69, 9.17) is 5.73 Å². The number of aryl methyl sites for hydroxylation is 1. The minimum Gasteiger partial charge on any atom is -0.368 e. The molecule has 2 aliphatic rings. The van der Waals surface area contributed by atoms with Crippen LogP contribution in [0, 0.1) is 0 Å². The zero-order valence-electron chi connectivity index (χ0n) is 11.8. The monoisotopic (exact) mass is 321 g/mol. The maximum absolute atomic E-state index is 13.2. The van der Waals surface area contributed by atoms with Crippen LogP contribution in [0.2, 0.25) is 0 Å². The van der Waals surface area contributed by atoms with E-state index in [1.807, 2.05) is 0 Å². The molecular formula is C14H10F3N5O. The zero-order valence-corrected chi connectivity index (χ0v) is 11.8. The van der Waals surface area contributed by atoms with Crippen LogP contribution in [0.4, 0.5) is 19.1 Å². The van der Waals surface area contributed by atoms with E-state index in [1.54, 1.807) is 6.07 Å². The Morgan fingerprint density at radius 2 is 1.87 bits per heavy atom. The Bertz CT molecular complexity index is 919. The summed E-state index contributed by atoms with van der Waals surface area (Å²) in [4.78, 5) is 23.2. The molecule has 1 aromatic rings. The smallest absolute Gasteiger partial charge is 0.368 e. The lowest BCUT2D eigenvalue weighted by atomic mass is 10.0. The van der Waals surface area contributed by atoms with Crippen LogP contribution in [0.5, 0.6) is 0 Å². The van der Waals surface area contributed by atoms with Crippen LogP contribution in [0.25, 0.3) is 22.5 Å². The lowest BCUT2D eigenvalue weighted by Gasteiger charge is -2.11. The average molecular weight is 321 g/mol. The highest BCUT2D eigenvalue weighted by molar-refractivity contribution is 5.82. The summed E-state index contributed by atoms with van der Waals surface area (Å²) in [6, 6.07) is 3.06. The van der Waals surface area contributed by atoms with E-state index in [0.29, 0.717) is 6.20 Å². The van der Waals surface area contributed by atoms with Gasteiger partial charge in [0, 0.05) is 36.8 Å². The first kappa shape index (κ1) is 14.9. The number of nitrogen functional groups attached to an aromatic ring is 1. The fraction of sp³-hybridized carbons (Fsp3) is 0.143. The summed E-state index contributed by atoms with van der Waals surface area (Å²) in [6.07, 6.45) is -1.36. The van der Waals surface area contributed by atoms with Gasteiger partial charge in [-0.3, -0.25) is 4.79 Å². The van der Waals surface area contributed by atoms with Gasteiger partial charge in [-0.05, 0) is 6.07 Å². The second-order valence-corrected chi connectivity index (χ2v) is 4.85. The number of rotatable bonds is 1. The van der Waals surface area contributed by atoms with Crippen molar-refractivity contribution in [3.8, 4) is 22.5 Å². The summed E-state index contributed by atoms with van der Waals surface area (Å²) in [6.45, 7) is 0. The standard InChI is InChI=1S/C14H10F3N5O/c1-22-4-2-3-7-8(5-19-11(7)12(22)23)10-9(14(15,16)17)6-20-13(18)21-10/h2-6H,1H3,(H2,18,20,21). The van der Waals surface area contributed by atoms with Gasteiger partial charge in [-0.1, -0.05) is 6.07 Å². The number of fused-ring (bicyclic) bond motifs is 1. The van der Waals surface area contributed by atoms with Gasteiger partial charge in [0.1, 0.15) is 11.3 Å². The highest BCUT2D eigenvalue weighted by Crippen LogP contribution is 2.39. The van der Waals surface area contributed by atoms with Crippen molar-refractivity contribution in [3.63, 3.8) is 0 Å². The summed E-state index contributed by atoms with van der Waals surface area (Å²) in [5, 5.41) is 0. The largest absolute Gasteiger partial charge is 0.419 e. The Hall–Kier alpha value is -2.97. The molecule has 0 aromatic carbocycles. The Labute approximate surface area is 127 Å². The topological polar surface area (TPSA) is 86.7 Å². The van der Waals surface area contributed by atoms with Crippen molar-refractivity contribution in [2.24, 2.45) is 7.05 Å². The summed E-state index contributed by atoms with van der Waals surface area (Å²) >= 11 is 0. The lowest BCUT2D eigenvalue weighted by molar-refractivity contribution is -0.137. The highest BCUT2D eigenvalue weighted by Gasteiger charge is 2.36. The first-order valence-electron chi connectivity index (χ1n) is 6.43. The van der Waals surface area contributed by atoms with Gasteiger partial charge in [-0.2, -0.15) is 13.2 Å². The summed E-state index contributed by atoms with van der Waals surface area (Å²) in [5.41, 5.74) is 3.95. The molecule has 0 unspecified atom stereocenters. The molecule has 0 aliphatic carbocycles. The molecule has 0 fully saturated rings. The van der Waals surface area contributed by atoms with Gasteiger partial charge in [0.2, 0.25) is 5.95 Å². The van der Waals surface area contributed by atoms with Gasteiger partial charge in [0.25, 0.3) is 5.56 Å². The highest BCUT2D eigenvalue weighted by atomic mass is 19.4. The van der Waals surface area contributed by atoms with Crippen molar-refractivity contribution in [2.75, 3.05) is 5.73 Å². The predicted molar refractivity (Wildman–Crippen MR) is 76.5 cm³/mol. The molecule has 0 spiro atoms. The minimum absolute atomic E-state index is 0.0535. The fourth-order valence-electron chi connectivity index (χ4n) is 2.23. The van der Waals surface area contributed by atoms with Crippen molar-refractivity contribution >= 4 is 5.95 Å². The number of alkyl halides is 3. The minimum atomic E-state index is -4.66. The van der Waals surface area contributed by atoms with Crippen molar-refractivity contribution in [1.82, 2.24) is 19.5 Å². The molecular weight excluding hydrogens is 311 g/mol. The van der Waals surface area contributed by atoms with Gasteiger partial charge in [0.05, 0.1) is 5.69 Å². The molecule has 1 aromatic heterocycles. The van der Waals surface area contributed by atoms with Crippen LogP contribution in [-0.2, 0) is 13.2 Å². The van der Waals surface area contributed by atoms with Crippen molar-refractivity contribution < 1.29 is 13.2 Å². The maximum atomic E-state index is 13.2. The average Bonchev–Trinajstić information content (AvgIpc) is 2.82. The van der Waals surface area contributed by atoms with E-state index >= 15 is 0 Å². The summed E-state index contributed by atoms with van der Waals surface area (Å²) < 4.78 is 40.8. The number of halogens is 3. The molecule has 3 heterocycles. The Morgan fingerprint density at radius 3 is 2.57 bits per heavy atom. The molecule has 3 rings (SSSR count). The Kier molecular flexibility index (Phi) is 3.28. The van der Waals surface area contributed by atoms with Crippen LogP contribution in [-0.4, -0.2) is 19.5 Å². The number of hydrogen-bond acceptors (Lipinski definition) is 5. The Balaban J connectivity index is 2.32. The molecule has 0 bridgehead atoms. The van der Waals surface area contributed by atoms with Crippen LogP contribution in [0.15, 0.2) is 35.5 Å². The third kappa shape index (κ3) is 2.50. The third-order valence-corrected chi connectivity index (χ3v) is 3.33. The molecule has 118 valence electrons. The van der Waals surface area contributed by atoms with E-state index in [-0.39, 0.29) is 22.8 Å². The number of nitrogens with two attached hydrogens (primary N) is 1. The van der Waals surface area contributed by atoms with Gasteiger partial charge in [0.15, 0.2) is 0 Å². The van der Waals surface area contributed by atoms with E-state index in [2.05, 4.69) is 15.0 Å². The van der Waals surface area contributed by atoms with Gasteiger partial charge in [-0.15, -0.1) is 0 Å². The second kappa shape index (κ2) is 5.04. The van der Waals surface area contributed by atoms with Gasteiger partial charge < -0.3 is 10.3 Å². The van der Waals surface area contributed by atoms with Crippen molar-refractivity contribution in [2.45, 2.75) is 6.18 Å². The molecule has 23 heavy (non-hydrogen) atoms. The number of nitrogens with zero attached hydrogens (tertiary/aromatic N) is 4. The quantitative estimate of drug-likeness (QED) is 0.740. The van der Waals surface area contributed by atoms with Gasteiger partial charge in [-0.25, -0.2) is 15.0 Å². The normalized spacial score (nSPS) is 11.8. The second-order valence-electron chi connectivity index (χ2n) is 4.85. The molecule has 2 aliphatic heterocycles. The molecule has 6 nitrogen and oxygen atoms in total. The van der Waals surface area contributed by atoms with Crippen LogP contribution in [0.1, 0.15) is 5.56 Å². The molecule has 2 N–H and O–H groups in total. The molecule has 0 saturated heterocycles. The lowest BCUT2D eigenvalue weighted by Crippen LogP contribution is -2.15. The number of anilines is 1. The molecule has 0 radical (unpaired) electrons. The van der Waals surface area contributed by atoms with Crippen LogP contribution >= 0.6 is 0 Å². The fourth-order valence-corrected chi connectivity index (χ4v) is 2.23. The van der Waals surface area contributed by atoms with Gasteiger partial charge >= 0.3 is 6.18 Å². The maximum Gasteiger partial charge on any atom is 0.419 e. The van der Waals surface area contributed by atoms with E-state index in [0.717, 1.165) is 0 Å². The number of hydrogen-bond donors (Lipinski definition) is 1. The molecule has 0 amide bonds. The first-order valence-corrected chi connectivity index (χ1v) is 6.43. The summed E-state index contributed by atoms with van der Waals surface area (Å²) in [7, 11) is 1.53. The molecule has 0 atom stereocenters. The Morgan fingerprint density at radius 1 is 1.13 bits per heavy atom. The third-order valence-electron chi connectivity index (χ3n) is 3.33. The first-order chi connectivity index (χ1) is 10.8. The zero-order chi connectivity index (χ0) is 16.8. The van der Waals surface area contributed by atoms with E-state index in [9.17, 15) is 18.0 Å². The predicted octanol–water partition coefficient (Wildman–Crippen LogP) is 1.94. The van der Waals surface area contributed by atoms with Crippen LogP contribution in [0.3, 0.4) is 0 Å². The van der Waals surface area contributed by atoms with E-state index < -0.39 is 23.0 Å². The van der Waals surface area contributed by atoms with Crippen molar-refractivity contribution in [3.05, 3.63) is 46.6 Å². The molecule has 0 saturated carbocycles. The van der Waals surface area contributed by atoms with E-state index in [1.165, 1.54) is 30.1 Å². The number of aromatic nitrogens is 4. The SMILES string of the molecule is Cn1cccc2c(-c3nc(N)ncc3C(F)(F)F)cnc-2c1=O. The van der Waals surface area contributed by atoms with Crippen molar-refractivity contribution in [1.29, 1.82) is 0 Å². The molecule has 9 heteroatoms.